The molecule has 1 heterocycles. The molecule has 2 rings (SSSR count). The number of carbonyl (C=O) groups excluding carboxylic acids is 2. The average Bonchev–Trinajstić information content (AvgIpc) is 2.70. The van der Waals surface area contributed by atoms with Crippen LogP contribution < -0.4 is 11.1 Å². The minimum absolute atomic E-state index is 0.0344. The van der Waals surface area contributed by atoms with Crippen molar-refractivity contribution in [2.45, 2.75) is 56.5 Å². The molecule has 0 spiro atoms. The number of hydrogen-bond acceptors (Lipinski definition) is 3. The Morgan fingerprint density at radius 2 is 2.17 bits per heavy atom. The summed E-state index contributed by atoms with van der Waals surface area (Å²) in [7, 11) is 1.78. The number of hydrogen-bond donors (Lipinski definition) is 2. The molecule has 0 aromatic carbocycles. The van der Waals surface area contributed by atoms with Gasteiger partial charge in [-0.05, 0) is 19.3 Å². The number of carbonyl (C=O) groups is 2. The summed E-state index contributed by atoms with van der Waals surface area (Å²) < 4.78 is 0. The van der Waals surface area contributed by atoms with Crippen molar-refractivity contribution in [1.82, 2.24) is 10.2 Å². The van der Waals surface area contributed by atoms with Crippen molar-refractivity contribution in [1.29, 1.82) is 0 Å². The van der Waals surface area contributed by atoms with Gasteiger partial charge in [-0.3, -0.25) is 9.59 Å². The van der Waals surface area contributed by atoms with Gasteiger partial charge in [0.2, 0.25) is 11.8 Å². The molecule has 2 fully saturated rings. The molecule has 2 aliphatic rings. The highest BCUT2D eigenvalue weighted by atomic mass is 16.2. The summed E-state index contributed by atoms with van der Waals surface area (Å²) in [6, 6.07) is 0.0882. The SMILES string of the molecule is CN1CC(NC(=O)CC2(N)CCCC2)CCC1=O. The first-order valence-corrected chi connectivity index (χ1v) is 6.81. The van der Waals surface area contributed by atoms with Crippen LogP contribution in [0.3, 0.4) is 0 Å². The van der Waals surface area contributed by atoms with E-state index in [1.54, 1.807) is 11.9 Å². The molecular formula is C13H23N3O2. The number of rotatable bonds is 3. The van der Waals surface area contributed by atoms with Crippen LogP contribution in [0.1, 0.15) is 44.9 Å². The van der Waals surface area contributed by atoms with Crippen molar-refractivity contribution in [2.24, 2.45) is 5.73 Å². The van der Waals surface area contributed by atoms with E-state index in [0.29, 0.717) is 19.4 Å². The summed E-state index contributed by atoms with van der Waals surface area (Å²) in [5.74, 6) is 0.193. The van der Waals surface area contributed by atoms with Crippen LogP contribution in [0.15, 0.2) is 0 Å². The topological polar surface area (TPSA) is 75.4 Å². The van der Waals surface area contributed by atoms with Crippen LogP contribution >= 0.6 is 0 Å². The lowest BCUT2D eigenvalue weighted by molar-refractivity contribution is -0.134. The lowest BCUT2D eigenvalue weighted by Crippen LogP contribution is -2.50. The standard InChI is InChI=1S/C13H23N3O2/c1-16-9-10(4-5-12(16)18)15-11(17)8-13(14)6-2-3-7-13/h10H,2-9,14H2,1H3,(H,15,17). The highest BCUT2D eigenvalue weighted by Crippen LogP contribution is 2.29. The Balaban J connectivity index is 1.79. The van der Waals surface area contributed by atoms with Crippen molar-refractivity contribution in [3.8, 4) is 0 Å². The first-order valence-electron chi connectivity index (χ1n) is 6.81. The quantitative estimate of drug-likeness (QED) is 0.763. The molecule has 0 aromatic rings. The molecule has 2 amide bonds. The molecule has 1 aliphatic carbocycles. The van der Waals surface area contributed by atoms with Gasteiger partial charge in [0.15, 0.2) is 0 Å². The highest BCUT2D eigenvalue weighted by molar-refractivity contribution is 5.79. The van der Waals surface area contributed by atoms with Gasteiger partial charge in [-0.1, -0.05) is 12.8 Å². The van der Waals surface area contributed by atoms with E-state index in [4.69, 9.17) is 5.73 Å². The summed E-state index contributed by atoms with van der Waals surface area (Å²) in [6.07, 6.45) is 5.84. The Morgan fingerprint density at radius 1 is 1.50 bits per heavy atom. The third-order valence-corrected chi connectivity index (χ3v) is 4.10. The molecule has 0 radical (unpaired) electrons. The van der Waals surface area contributed by atoms with Crippen LogP contribution in [-0.4, -0.2) is 41.9 Å². The molecule has 0 aromatic heterocycles. The van der Waals surface area contributed by atoms with Crippen LogP contribution in [0.4, 0.5) is 0 Å². The summed E-state index contributed by atoms with van der Waals surface area (Å²) in [5.41, 5.74) is 5.90. The molecule has 5 heteroatoms. The molecule has 18 heavy (non-hydrogen) atoms. The predicted octanol–water partition coefficient (Wildman–Crippen LogP) is 0.385. The van der Waals surface area contributed by atoms with Gasteiger partial charge in [-0.15, -0.1) is 0 Å². The van der Waals surface area contributed by atoms with Gasteiger partial charge in [0.25, 0.3) is 0 Å². The molecule has 102 valence electrons. The third kappa shape index (κ3) is 3.22. The lowest BCUT2D eigenvalue weighted by Gasteiger charge is -2.31. The van der Waals surface area contributed by atoms with Gasteiger partial charge >= 0.3 is 0 Å². The summed E-state index contributed by atoms with van der Waals surface area (Å²) in [6.45, 7) is 0.613. The number of nitrogens with zero attached hydrogens (tertiary/aromatic N) is 1. The number of amides is 2. The summed E-state index contributed by atoms with van der Waals surface area (Å²) in [4.78, 5) is 25.0. The first-order chi connectivity index (χ1) is 8.48. The number of nitrogens with one attached hydrogen (secondary N) is 1. The van der Waals surface area contributed by atoms with E-state index in [2.05, 4.69) is 5.32 Å². The Labute approximate surface area is 108 Å². The molecule has 5 nitrogen and oxygen atoms in total. The normalized spacial score (nSPS) is 27.3. The zero-order chi connectivity index (χ0) is 13.2. The van der Waals surface area contributed by atoms with Gasteiger partial charge in [0.1, 0.15) is 0 Å². The van der Waals surface area contributed by atoms with E-state index in [1.165, 1.54) is 0 Å². The fourth-order valence-electron chi connectivity index (χ4n) is 2.98. The molecule has 1 atom stereocenters. The Hall–Kier alpha value is -1.10. The van der Waals surface area contributed by atoms with Crippen molar-refractivity contribution in [2.75, 3.05) is 13.6 Å². The number of nitrogens with two attached hydrogens (primary N) is 1. The van der Waals surface area contributed by atoms with Crippen LogP contribution in [0, 0.1) is 0 Å². The van der Waals surface area contributed by atoms with Crippen LogP contribution in [-0.2, 0) is 9.59 Å². The second-order valence-corrected chi connectivity index (χ2v) is 5.82. The number of likely N-dealkylation sites (N-methyl/N-ethyl adjacent to an activating group) is 1. The fourth-order valence-corrected chi connectivity index (χ4v) is 2.98. The van der Waals surface area contributed by atoms with Crippen LogP contribution in [0.5, 0.6) is 0 Å². The van der Waals surface area contributed by atoms with Gasteiger partial charge in [0, 0.05) is 38.0 Å². The number of likely N-dealkylation sites (tertiary alicyclic amines) is 1. The summed E-state index contributed by atoms with van der Waals surface area (Å²) >= 11 is 0. The second-order valence-electron chi connectivity index (χ2n) is 5.82. The van der Waals surface area contributed by atoms with E-state index in [1.807, 2.05) is 0 Å². The molecule has 3 N–H and O–H groups in total. The Kier molecular flexibility index (Phi) is 3.90. The average molecular weight is 253 g/mol. The van der Waals surface area contributed by atoms with Crippen molar-refractivity contribution in [3.63, 3.8) is 0 Å². The monoisotopic (exact) mass is 253 g/mol. The highest BCUT2D eigenvalue weighted by Gasteiger charge is 2.33. The zero-order valence-electron chi connectivity index (χ0n) is 11.1. The van der Waals surface area contributed by atoms with E-state index < -0.39 is 0 Å². The minimum atomic E-state index is -0.291. The molecule has 1 aliphatic heterocycles. The molecule has 1 unspecified atom stereocenters. The molecule has 1 saturated carbocycles. The summed E-state index contributed by atoms with van der Waals surface area (Å²) in [5, 5.41) is 3.01. The van der Waals surface area contributed by atoms with E-state index in [-0.39, 0.29) is 23.4 Å². The largest absolute Gasteiger partial charge is 0.352 e. The third-order valence-electron chi connectivity index (χ3n) is 4.10. The van der Waals surface area contributed by atoms with Crippen LogP contribution in [0.2, 0.25) is 0 Å². The fraction of sp³-hybridized carbons (Fsp3) is 0.846. The molecular weight excluding hydrogens is 230 g/mol. The minimum Gasteiger partial charge on any atom is -0.352 e. The van der Waals surface area contributed by atoms with Gasteiger partial charge in [-0.25, -0.2) is 0 Å². The maximum atomic E-state index is 12.0. The van der Waals surface area contributed by atoms with Crippen LogP contribution in [0.25, 0.3) is 0 Å². The smallest absolute Gasteiger partial charge is 0.222 e. The van der Waals surface area contributed by atoms with Crippen molar-refractivity contribution >= 4 is 11.8 Å². The Morgan fingerprint density at radius 3 is 2.78 bits per heavy atom. The van der Waals surface area contributed by atoms with Crippen molar-refractivity contribution in [3.05, 3.63) is 0 Å². The van der Waals surface area contributed by atoms with E-state index in [0.717, 1.165) is 32.1 Å². The van der Waals surface area contributed by atoms with E-state index in [9.17, 15) is 9.59 Å². The second kappa shape index (κ2) is 5.26. The zero-order valence-corrected chi connectivity index (χ0v) is 11.1. The lowest BCUT2D eigenvalue weighted by atomic mass is 9.94. The predicted molar refractivity (Wildman–Crippen MR) is 68.8 cm³/mol. The molecule has 1 saturated heterocycles. The molecule has 0 bridgehead atoms. The number of piperidine rings is 1. The van der Waals surface area contributed by atoms with Gasteiger partial charge < -0.3 is 16.0 Å². The first kappa shape index (κ1) is 13.3. The van der Waals surface area contributed by atoms with Crippen molar-refractivity contribution < 1.29 is 9.59 Å². The van der Waals surface area contributed by atoms with Gasteiger partial charge in [-0.2, -0.15) is 0 Å². The Bertz CT molecular complexity index is 337. The maximum absolute atomic E-state index is 12.0. The maximum Gasteiger partial charge on any atom is 0.222 e. The van der Waals surface area contributed by atoms with Gasteiger partial charge in [0.05, 0.1) is 0 Å². The van der Waals surface area contributed by atoms with E-state index >= 15 is 0 Å².